The molecule has 2 rings (SSSR count). The van der Waals surface area contributed by atoms with Gasteiger partial charge in [-0.1, -0.05) is 30.3 Å². The van der Waals surface area contributed by atoms with Gasteiger partial charge >= 0.3 is 5.97 Å². The number of carboxylic acid groups (broad SMARTS) is 1. The Kier molecular flexibility index (Phi) is 2.90. The molecule has 2 N–H and O–H groups in total. The van der Waals surface area contributed by atoms with Crippen molar-refractivity contribution in [2.45, 2.75) is 12.3 Å². The number of benzene rings is 1. The maximum absolute atomic E-state index is 11.5. The van der Waals surface area contributed by atoms with Crippen molar-refractivity contribution in [1.82, 2.24) is 5.32 Å². The van der Waals surface area contributed by atoms with Crippen molar-refractivity contribution in [3.05, 3.63) is 35.9 Å². The Morgan fingerprint density at radius 2 is 2.06 bits per heavy atom. The molecule has 4 nitrogen and oxygen atoms in total. The molecule has 0 saturated carbocycles. The van der Waals surface area contributed by atoms with Crippen molar-refractivity contribution in [3.63, 3.8) is 0 Å². The third-order valence-corrected chi connectivity index (χ3v) is 2.94. The highest BCUT2D eigenvalue weighted by molar-refractivity contribution is 5.86. The molecule has 0 radical (unpaired) electrons. The lowest BCUT2D eigenvalue weighted by Gasteiger charge is -2.14. The molecule has 1 fully saturated rings. The summed E-state index contributed by atoms with van der Waals surface area (Å²) >= 11 is 0. The fourth-order valence-electron chi connectivity index (χ4n) is 2.14. The van der Waals surface area contributed by atoms with Gasteiger partial charge in [-0.05, 0) is 5.56 Å². The van der Waals surface area contributed by atoms with Crippen LogP contribution in [-0.2, 0) is 9.59 Å². The normalized spacial score (nSPS) is 24.1. The van der Waals surface area contributed by atoms with E-state index < -0.39 is 11.9 Å². The van der Waals surface area contributed by atoms with Crippen LogP contribution in [0, 0.1) is 5.92 Å². The molecule has 1 aromatic rings. The van der Waals surface area contributed by atoms with Crippen molar-refractivity contribution in [3.8, 4) is 0 Å². The molecule has 1 amide bonds. The predicted octanol–water partition coefficient (Wildman–Crippen LogP) is 0.991. The zero-order chi connectivity index (χ0) is 11.5. The molecule has 0 aliphatic carbocycles. The molecule has 1 unspecified atom stereocenters. The third kappa shape index (κ3) is 2.05. The van der Waals surface area contributed by atoms with Crippen LogP contribution in [0.1, 0.15) is 17.9 Å². The number of carbonyl (C=O) groups excluding carboxylic acids is 1. The Balaban J connectivity index is 2.21. The van der Waals surface area contributed by atoms with E-state index in [2.05, 4.69) is 5.32 Å². The Labute approximate surface area is 93.3 Å². The quantitative estimate of drug-likeness (QED) is 0.796. The minimum absolute atomic E-state index is 0.0233. The second-order valence-corrected chi connectivity index (χ2v) is 3.97. The van der Waals surface area contributed by atoms with E-state index in [0.717, 1.165) is 5.56 Å². The molecule has 0 bridgehead atoms. The van der Waals surface area contributed by atoms with E-state index in [1.165, 1.54) is 0 Å². The summed E-state index contributed by atoms with van der Waals surface area (Å²) in [6, 6.07) is 9.56. The van der Waals surface area contributed by atoms with Gasteiger partial charge in [0.05, 0.1) is 12.3 Å². The first-order valence-electron chi connectivity index (χ1n) is 5.23. The minimum atomic E-state index is -0.928. The van der Waals surface area contributed by atoms with Gasteiger partial charge in [0.25, 0.3) is 0 Å². The van der Waals surface area contributed by atoms with Gasteiger partial charge in [-0.15, -0.1) is 0 Å². The molecule has 1 aliphatic heterocycles. The SMILES string of the molecule is O=C(O)CC1C(=O)NC[C@H]1c1ccccc1. The van der Waals surface area contributed by atoms with Crippen LogP contribution in [0.25, 0.3) is 0 Å². The highest BCUT2D eigenvalue weighted by Gasteiger charge is 2.36. The van der Waals surface area contributed by atoms with Crippen LogP contribution in [0.3, 0.4) is 0 Å². The lowest BCUT2D eigenvalue weighted by molar-refractivity contribution is -0.140. The smallest absolute Gasteiger partial charge is 0.304 e. The van der Waals surface area contributed by atoms with Crippen molar-refractivity contribution >= 4 is 11.9 Å². The Morgan fingerprint density at radius 1 is 1.38 bits per heavy atom. The first-order chi connectivity index (χ1) is 7.68. The van der Waals surface area contributed by atoms with Crippen LogP contribution in [-0.4, -0.2) is 23.5 Å². The first kappa shape index (κ1) is 10.7. The van der Waals surface area contributed by atoms with Crippen LogP contribution in [0.15, 0.2) is 30.3 Å². The average molecular weight is 219 g/mol. The lowest BCUT2D eigenvalue weighted by atomic mass is 9.86. The molecule has 16 heavy (non-hydrogen) atoms. The summed E-state index contributed by atoms with van der Waals surface area (Å²) in [6.07, 6.45) is -0.106. The highest BCUT2D eigenvalue weighted by Crippen LogP contribution is 2.30. The monoisotopic (exact) mass is 219 g/mol. The zero-order valence-electron chi connectivity index (χ0n) is 8.72. The largest absolute Gasteiger partial charge is 0.481 e. The second kappa shape index (κ2) is 4.35. The topological polar surface area (TPSA) is 66.4 Å². The summed E-state index contributed by atoms with van der Waals surface area (Å²) in [7, 11) is 0. The fourth-order valence-corrected chi connectivity index (χ4v) is 2.14. The number of hydrogen-bond acceptors (Lipinski definition) is 2. The Bertz CT molecular complexity index is 402. The maximum Gasteiger partial charge on any atom is 0.304 e. The number of carbonyl (C=O) groups is 2. The molecule has 0 aromatic heterocycles. The molecular formula is C12H13NO3. The van der Waals surface area contributed by atoms with E-state index in [1.807, 2.05) is 30.3 Å². The average Bonchev–Trinajstić information content (AvgIpc) is 2.61. The summed E-state index contributed by atoms with van der Waals surface area (Å²) in [5.41, 5.74) is 1.02. The predicted molar refractivity (Wildman–Crippen MR) is 57.9 cm³/mol. The summed E-state index contributed by atoms with van der Waals surface area (Å²) in [6.45, 7) is 0.529. The number of hydrogen-bond donors (Lipinski definition) is 2. The third-order valence-electron chi connectivity index (χ3n) is 2.94. The van der Waals surface area contributed by atoms with Gasteiger partial charge in [0, 0.05) is 12.5 Å². The molecule has 2 atom stereocenters. The molecule has 1 saturated heterocycles. The van der Waals surface area contributed by atoms with E-state index >= 15 is 0 Å². The molecule has 84 valence electrons. The lowest BCUT2D eigenvalue weighted by Crippen LogP contribution is -2.22. The number of rotatable bonds is 3. The van der Waals surface area contributed by atoms with Crippen molar-refractivity contribution in [2.75, 3.05) is 6.54 Å². The van der Waals surface area contributed by atoms with Gasteiger partial charge in [-0.3, -0.25) is 9.59 Å². The second-order valence-electron chi connectivity index (χ2n) is 3.97. The zero-order valence-corrected chi connectivity index (χ0v) is 8.72. The van der Waals surface area contributed by atoms with Crippen molar-refractivity contribution in [2.24, 2.45) is 5.92 Å². The first-order valence-corrected chi connectivity index (χ1v) is 5.23. The molecular weight excluding hydrogens is 206 g/mol. The molecule has 1 aromatic carbocycles. The molecule has 1 heterocycles. The van der Waals surface area contributed by atoms with Crippen LogP contribution < -0.4 is 5.32 Å². The van der Waals surface area contributed by atoms with Gasteiger partial charge < -0.3 is 10.4 Å². The Morgan fingerprint density at radius 3 is 2.69 bits per heavy atom. The Hall–Kier alpha value is -1.84. The fraction of sp³-hybridized carbons (Fsp3) is 0.333. The van der Waals surface area contributed by atoms with Crippen LogP contribution in [0.4, 0.5) is 0 Å². The summed E-state index contributed by atoms with van der Waals surface area (Å²) < 4.78 is 0. The minimum Gasteiger partial charge on any atom is -0.481 e. The number of aliphatic carboxylic acids is 1. The van der Waals surface area contributed by atoms with Crippen LogP contribution in [0.5, 0.6) is 0 Å². The van der Waals surface area contributed by atoms with E-state index in [4.69, 9.17) is 5.11 Å². The van der Waals surface area contributed by atoms with Crippen LogP contribution in [0.2, 0.25) is 0 Å². The highest BCUT2D eigenvalue weighted by atomic mass is 16.4. The van der Waals surface area contributed by atoms with Gasteiger partial charge in [0.15, 0.2) is 0 Å². The van der Waals surface area contributed by atoms with Crippen LogP contribution >= 0.6 is 0 Å². The van der Waals surface area contributed by atoms with Gasteiger partial charge in [0.1, 0.15) is 0 Å². The summed E-state index contributed by atoms with van der Waals surface area (Å²) in [5.74, 6) is -1.55. The van der Waals surface area contributed by atoms with Gasteiger partial charge in [-0.25, -0.2) is 0 Å². The summed E-state index contributed by atoms with van der Waals surface area (Å²) in [5, 5.41) is 11.5. The van der Waals surface area contributed by atoms with Gasteiger partial charge in [-0.2, -0.15) is 0 Å². The number of carboxylic acids is 1. The molecule has 4 heteroatoms. The number of nitrogens with one attached hydrogen (secondary N) is 1. The van der Waals surface area contributed by atoms with Gasteiger partial charge in [0.2, 0.25) is 5.91 Å². The molecule has 0 spiro atoms. The summed E-state index contributed by atoms with van der Waals surface area (Å²) in [4.78, 5) is 22.2. The van der Waals surface area contributed by atoms with Crippen molar-refractivity contribution < 1.29 is 14.7 Å². The molecule has 1 aliphatic rings. The van der Waals surface area contributed by atoms with E-state index in [1.54, 1.807) is 0 Å². The number of amides is 1. The van der Waals surface area contributed by atoms with Crippen molar-refractivity contribution in [1.29, 1.82) is 0 Å². The van der Waals surface area contributed by atoms with E-state index in [-0.39, 0.29) is 18.2 Å². The standard InChI is InChI=1S/C12H13NO3/c14-11(15)6-9-10(7-13-12(9)16)8-4-2-1-3-5-8/h1-5,9-10H,6-7H2,(H,13,16)(H,14,15)/t9?,10-/m0/s1. The van der Waals surface area contributed by atoms with E-state index in [9.17, 15) is 9.59 Å². The van der Waals surface area contributed by atoms with E-state index in [0.29, 0.717) is 6.54 Å². The maximum atomic E-state index is 11.5.